The average Bonchev–Trinajstić information content (AvgIpc) is 2.60. The first-order valence-corrected chi connectivity index (χ1v) is 11.2. The number of nitrogens with zero attached hydrogens (tertiary/aromatic N) is 1. The third-order valence-electron chi connectivity index (χ3n) is 4.84. The number of hydrogen-bond acceptors (Lipinski definition) is 4. The Morgan fingerprint density at radius 2 is 1.85 bits per heavy atom. The van der Waals surface area contributed by atoms with Gasteiger partial charge >= 0.3 is 16.1 Å². The van der Waals surface area contributed by atoms with Gasteiger partial charge < -0.3 is 14.4 Å². The Bertz CT molecular complexity index is 682. The quantitative estimate of drug-likeness (QED) is 0.730. The molecule has 1 atom stereocenters. The molecule has 7 heteroatoms. The van der Waals surface area contributed by atoms with Crippen molar-refractivity contribution >= 4 is 16.1 Å². The highest BCUT2D eigenvalue weighted by Gasteiger charge is 2.23. The molecular weight excluding hydrogens is 352 g/mol. The highest BCUT2D eigenvalue weighted by Crippen LogP contribution is 2.20. The maximum atomic E-state index is 12.8. The molecule has 6 nitrogen and oxygen atoms in total. The van der Waals surface area contributed by atoms with Crippen LogP contribution in [0.1, 0.15) is 57.9 Å². The number of carbonyl (C=O) groups excluding carboxylic acids is 1. The highest BCUT2D eigenvalue weighted by atomic mass is 32.2. The van der Waals surface area contributed by atoms with Gasteiger partial charge in [-0.2, -0.15) is 8.42 Å². The van der Waals surface area contributed by atoms with Crippen molar-refractivity contribution in [2.24, 2.45) is 0 Å². The van der Waals surface area contributed by atoms with Crippen LogP contribution in [0.4, 0.5) is 4.79 Å². The third kappa shape index (κ3) is 6.52. The smallest absolute Gasteiger partial charge is 0.318 e. The molecule has 1 aromatic rings. The van der Waals surface area contributed by atoms with E-state index in [1.54, 1.807) is 24.3 Å². The van der Waals surface area contributed by atoms with Gasteiger partial charge in [-0.25, -0.2) is 4.79 Å². The van der Waals surface area contributed by atoms with Crippen LogP contribution >= 0.6 is 0 Å². The van der Waals surface area contributed by atoms with Crippen LogP contribution in [-0.4, -0.2) is 37.7 Å². The van der Waals surface area contributed by atoms with Gasteiger partial charge in [0.05, 0.1) is 6.26 Å². The van der Waals surface area contributed by atoms with Gasteiger partial charge in [-0.05, 0) is 43.9 Å². The van der Waals surface area contributed by atoms with Crippen LogP contribution in [0, 0.1) is 0 Å². The van der Waals surface area contributed by atoms with E-state index in [1.807, 2.05) is 11.8 Å². The van der Waals surface area contributed by atoms with Crippen molar-refractivity contribution in [1.29, 1.82) is 0 Å². The molecule has 0 heterocycles. The minimum Gasteiger partial charge on any atom is -0.383 e. The van der Waals surface area contributed by atoms with E-state index < -0.39 is 10.1 Å². The van der Waals surface area contributed by atoms with E-state index in [1.165, 1.54) is 19.3 Å². The summed E-state index contributed by atoms with van der Waals surface area (Å²) in [5.74, 6) is 0.276. The van der Waals surface area contributed by atoms with Gasteiger partial charge in [-0.15, -0.1) is 0 Å². The number of benzene rings is 1. The molecule has 0 spiro atoms. The zero-order chi connectivity index (χ0) is 19.2. The summed E-state index contributed by atoms with van der Waals surface area (Å²) in [5.41, 5.74) is 0.935. The minimum absolute atomic E-state index is 0.0253. The van der Waals surface area contributed by atoms with Crippen molar-refractivity contribution in [3.05, 3.63) is 29.8 Å². The molecule has 1 aromatic carbocycles. The highest BCUT2D eigenvalue weighted by molar-refractivity contribution is 7.86. The van der Waals surface area contributed by atoms with Gasteiger partial charge in [0.15, 0.2) is 0 Å². The molecule has 26 heavy (non-hydrogen) atoms. The molecule has 2 amide bonds. The average molecular weight is 383 g/mol. The summed E-state index contributed by atoms with van der Waals surface area (Å²) < 4.78 is 27.2. The minimum atomic E-state index is -3.53. The molecule has 0 aliphatic heterocycles. The number of hydrogen-bond donors (Lipinski definition) is 1. The van der Waals surface area contributed by atoms with E-state index >= 15 is 0 Å². The second-order valence-corrected chi connectivity index (χ2v) is 8.68. The molecule has 0 bridgehead atoms. The van der Waals surface area contributed by atoms with E-state index in [0.29, 0.717) is 6.54 Å². The van der Waals surface area contributed by atoms with E-state index in [9.17, 15) is 13.2 Å². The van der Waals surface area contributed by atoms with E-state index in [-0.39, 0.29) is 23.9 Å². The van der Waals surface area contributed by atoms with Crippen molar-refractivity contribution in [2.45, 2.75) is 71.0 Å². The molecule has 1 saturated carbocycles. The second kappa shape index (κ2) is 9.26. The van der Waals surface area contributed by atoms with Gasteiger partial charge in [-0.3, -0.25) is 0 Å². The van der Waals surface area contributed by atoms with Gasteiger partial charge in [0.25, 0.3) is 0 Å². The molecule has 0 radical (unpaired) electrons. The maximum absolute atomic E-state index is 12.8. The van der Waals surface area contributed by atoms with E-state index in [4.69, 9.17) is 4.18 Å². The van der Waals surface area contributed by atoms with E-state index in [2.05, 4.69) is 12.2 Å². The first-order valence-electron chi connectivity index (χ1n) is 9.34. The predicted molar refractivity (Wildman–Crippen MR) is 103 cm³/mol. The van der Waals surface area contributed by atoms with Crippen LogP contribution in [-0.2, 0) is 16.7 Å². The first-order chi connectivity index (χ1) is 12.3. The fourth-order valence-corrected chi connectivity index (χ4v) is 3.64. The topological polar surface area (TPSA) is 75.7 Å². The van der Waals surface area contributed by atoms with Gasteiger partial charge in [0.1, 0.15) is 5.75 Å². The van der Waals surface area contributed by atoms with Crippen molar-refractivity contribution in [3.8, 4) is 5.75 Å². The lowest BCUT2D eigenvalue weighted by Crippen LogP contribution is -2.48. The summed E-state index contributed by atoms with van der Waals surface area (Å²) in [6.07, 6.45) is 7.60. The van der Waals surface area contributed by atoms with Crippen LogP contribution in [0.5, 0.6) is 5.75 Å². The molecular formula is C19H30N2O4S. The SMILES string of the molecule is CC[C@H](C)N(Cc1ccc(OS(C)(=O)=O)cc1)C(=O)NC1CCCCC1. The van der Waals surface area contributed by atoms with Gasteiger partial charge in [-0.1, -0.05) is 38.3 Å². The molecule has 146 valence electrons. The van der Waals surface area contributed by atoms with Crippen molar-refractivity contribution in [2.75, 3.05) is 6.26 Å². The lowest BCUT2D eigenvalue weighted by molar-refractivity contribution is 0.166. The largest absolute Gasteiger partial charge is 0.383 e. The number of amides is 2. The summed E-state index contributed by atoms with van der Waals surface area (Å²) >= 11 is 0. The maximum Gasteiger partial charge on any atom is 0.318 e. The summed E-state index contributed by atoms with van der Waals surface area (Å²) in [5, 5.41) is 3.18. The molecule has 0 unspecified atom stereocenters. The van der Waals surface area contributed by atoms with Crippen LogP contribution in [0.2, 0.25) is 0 Å². The van der Waals surface area contributed by atoms with Crippen molar-refractivity contribution in [3.63, 3.8) is 0 Å². The Morgan fingerprint density at radius 1 is 1.23 bits per heavy atom. The molecule has 0 aromatic heterocycles. The predicted octanol–water partition coefficient (Wildman–Crippen LogP) is 3.67. The first kappa shape index (κ1) is 20.6. The molecule has 1 fully saturated rings. The van der Waals surface area contributed by atoms with E-state index in [0.717, 1.165) is 31.1 Å². The fraction of sp³-hybridized carbons (Fsp3) is 0.632. The number of rotatable bonds is 7. The Kier molecular flexibility index (Phi) is 7.32. The summed E-state index contributed by atoms with van der Waals surface area (Å²) in [4.78, 5) is 14.6. The Balaban J connectivity index is 2.03. The Labute approximate surface area is 157 Å². The van der Waals surface area contributed by atoms with Crippen LogP contribution < -0.4 is 9.50 Å². The van der Waals surface area contributed by atoms with Crippen molar-refractivity contribution < 1.29 is 17.4 Å². The second-order valence-electron chi connectivity index (χ2n) is 7.10. The number of urea groups is 1. The molecule has 1 N–H and O–H groups in total. The Hall–Kier alpha value is -1.76. The zero-order valence-electron chi connectivity index (χ0n) is 15.9. The van der Waals surface area contributed by atoms with Crippen molar-refractivity contribution in [1.82, 2.24) is 10.2 Å². The molecule has 2 rings (SSSR count). The zero-order valence-corrected chi connectivity index (χ0v) is 16.7. The van der Waals surface area contributed by atoms with Gasteiger partial charge in [0.2, 0.25) is 0 Å². The summed E-state index contributed by atoms with van der Waals surface area (Å²) in [6.45, 7) is 4.59. The number of carbonyl (C=O) groups is 1. The molecule has 1 aliphatic carbocycles. The fourth-order valence-electron chi connectivity index (χ4n) is 3.17. The summed E-state index contributed by atoms with van der Waals surface area (Å²) in [6, 6.07) is 7.18. The standard InChI is InChI=1S/C19H30N2O4S/c1-4-15(2)21(19(22)20-17-8-6-5-7-9-17)14-16-10-12-18(13-11-16)25-26(3,23)24/h10-13,15,17H,4-9,14H2,1-3H3,(H,20,22)/t15-/m0/s1. The third-order valence-corrected chi connectivity index (χ3v) is 5.34. The normalized spacial score (nSPS) is 16.7. The Morgan fingerprint density at radius 3 is 2.38 bits per heavy atom. The van der Waals surface area contributed by atoms with Crippen LogP contribution in [0.25, 0.3) is 0 Å². The lowest BCUT2D eigenvalue weighted by Gasteiger charge is -2.32. The van der Waals surface area contributed by atoms with Crippen LogP contribution in [0.3, 0.4) is 0 Å². The summed E-state index contributed by atoms with van der Waals surface area (Å²) in [7, 11) is -3.53. The van der Waals surface area contributed by atoms with Crippen LogP contribution in [0.15, 0.2) is 24.3 Å². The number of nitrogens with one attached hydrogen (secondary N) is 1. The van der Waals surface area contributed by atoms with Gasteiger partial charge in [0, 0.05) is 18.6 Å². The monoisotopic (exact) mass is 382 g/mol. The molecule has 1 aliphatic rings. The molecule has 0 saturated heterocycles. The lowest BCUT2D eigenvalue weighted by atomic mass is 9.96.